The lowest BCUT2D eigenvalue weighted by atomic mass is 10.0. The standard InChI is InChI=1S/C20H22N2OS2/c1-4-14-8-6-9-15(5-2)19(14)22-18(23)12-17-20(21-13(3)25-17)16-10-7-11-24-16/h6-11H,4-5,12H2,1-3H3,(H,22,23). The van der Waals surface area contributed by atoms with E-state index in [1.54, 1.807) is 22.7 Å². The molecule has 1 aromatic carbocycles. The van der Waals surface area contributed by atoms with Crippen molar-refractivity contribution >= 4 is 34.3 Å². The van der Waals surface area contributed by atoms with Crippen LogP contribution in [-0.2, 0) is 24.1 Å². The molecule has 0 aliphatic carbocycles. The van der Waals surface area contributed by atoms with Gasteiger partial charge in [0.25, 0.3) is 0 Å². The highest BCUT2D eigenvalue weighted by molar-refractivity contribution is 7.15. The molecule has 1 amide bonds. The number of thiophene rings is 1. The highest BCUT2D eigenvalue weighted by Gasteiger charge is 2.17. The molecule has 3 rings (SSSR count). The van der Waals surface area contributed by atoms with Gasteiger partial charge in [-0.05, 0) is 42.3 Å². The molecule has 1 N–H and O–H groups in total. The van der Waals surface area contributed by atoms with E-state index in [1.165, 1.54) is 11.1 Å². The monoisotopic (exact) mass is 370 g/mol. The number of hydrogen-bond donors (Lipinski definition) is 1. The molecule has 0 fully saturated rings. The van der Waals surface area contributed by atoms with Crippen LogP contribution in [0, 0.1) is 6.92 Å². The lowest BCUT2D eigenvalue weighted by Crippen LogP contribution is -2.16. The zero-order valence-corrected chi connectivity index (χ0v) is 16.4. The van der Waals surface area contributed by atoms with E-state index in [0.29, 0.717) is 6.42 Å². The van der Waals surface area contributed by atoms with E-state index >= 15 is 0 Å². The van der Waals surface area contributed by atoms with Crippen LogP contribution in [0.25, 0.3) is 10.6 Å². The van der Waals surface area contributed by atoms with Crippen molar-refractivity contribution < 1.29 is 4.79 Å². The second kappa shape index (κ2) is 7.93. The number of thiazole rings is 1. The van der Waals surface area contributed by atoms with E-state index < -0.39 is 0 Å². The third kappa shape index (κ3) is 3.99. The number of carbonyl (C=O) groups is 1. The highest BCUT2D eigenvalue weighted by Crippen LogP contribution is 2.32. The van der Waals surface area contributed by atoms with E-state index in [-0.39, 0.29) is 5.91 Å². The Morgan fingerprint density at radius 1 is 1.12 bits per heavy atom. The predicted molar refractivity (Wildman–Crippen MR) is 108 cm³/mol. The van der Waals surface area contributed by atoms with Crippen molar-refractivity contribution in [3.05, 3.63) is 56.7 Å². The van der Waals surface area contributed by atoms with Crippen LogP contribution in [0.4, 0.5) is 5.69 Å². The smallest absolute Gasteiger partial charge is 0.229 e. The molecule has 0 saturated heterocycles. The number of nitrogens with one attached hydrogen (secondary N) is 1. The van der Waals surface area contributed by atoms with Crippen LogP contribution in [-0.4, -0.2) is 10.9 Å². The average molecular weight is 371 g/mol. The van der Waals surface area contributed by atoms with Gasteiger partial charge in [0.15, 0.2) is 0 Å². The van der Waals surface area contributed by atoms with Crippen LogP contribution in [0.1, 0.15) is 34.9 Å². The summed E-state index contributed by atoms with van der Waals surface area (Å²) in [6, 6.07) is 10.3. The Balaban J connectivity index is 1.83. The molecule has 130 valence electrons. The van der Waals surface area contributed by atoms with Gasteiger partial charge in [-0.1, -0.05) is 38.1 Å². The van der Waals surface area contributed by atoms with Gasteiger partial charge in [0.05, 0.1) is 22.0 Å². The minimum Gasteiger partial charge on any atom is -0.325 e. The Bertz CT molecular complexity index is 844. The van der Waals surface area contributed by atoms with Gasteiger partial charge in [0.2, 0.25) is 5.91 Å². The molecular weight excluding hydrogens is 348 g/mol. The molecule has 0 aliphatic heterocycles. The fraction of sp³-hybridized carbons (Fsp3) is 0.300. The van der Waals surface area contributed by atoms with Gasteiger partial charge < -0.3 is 5.32 Å². The summed E-state index contributed by atoms with van der Waals surface area (Å²) in [7, 11) is 0. The number of anilines is 1. The second-order valence-electron chi connectivity index (χ2n) is 5.87. The van der Waals surface area contributed by atoms with Crippen LogP contribution in [0.15, 0.2) is 35.7 Å². The third-order valence-electron chi connectivity index (χ3n) is 4.14. The van der Waals surface area contributed by atoms with Gasteiger partial charge >= 0.3 is 0 Å². The summed E-state index contributed by atoms with van der Waals surface area (Å²) >= 11 is 3.27. The number of benzene rings is 1. The Morgan fingerprint density at radius 2 is 1.84 bits per heavy atom. The first-order chi connectivity index (χ1) is 12.1. The maximum absolute atomic E-state index is 12.7. The Labute approximate surface area is 156 Å². The molecule has 0 atom stereocenters. The number of carbonyl (C=O) groups excluding carboxylic acids is 1. The van der Waals surface area contributed by atoms with Crippen molar-refractivity contribution in [1.82, 2.24) is 4.98 Å². The SMILES string of the molecule is CCc1cccc(CC)c1NC(=O)Cc1sc(C)nc1-c1cccs1. The molecular formula is C20H22N2OS2. The van der Waals surface area contributed by atoms with Crippen LogP contribution in [0.2, 0.25) is 0 Å². The first kappa shape index (κ1) is 17.8. The van der Waals surface area contributed by atoms with E-state index in [4.69, 9.17) is 0 Å². The molecule has 25 heavy (non-hydrogen) atoms. The molecule has 0 saturated carbocycles. The van der Waals surface area contributed by atoms with Crippen LogP contribution in [0.5, 0.6) is 0 Å². The quantitative estimate of drug-likeness (QED) is 0.624. The molecule has 0 spiro atoms. The van der Waals surface area contributed by atoms with Crippen LogP contribution >= 0.6 is 22.7 Å². The van der Waals surface area contributed by atoms with Crippen molar-refractivity contribution in [1.29, 1.82) is 0 Å². The van der Waals surface area contributed by atoms with Crippen LogP contribution in [0.3, 0.4) is 0 Å². The summed E-state index contributed by atoms with van der Waals surface area (Å²) in [5, 5.41) is 6.19. The molecule has 5 heteroatoms. The Kier molecular flexibility index (Phi) is 5.66. The minimum absolute atomic E-state index is 0.0251. The number of para-hydroxylation sites is 1. The summed E-state index contributed by atoms with van der Waals surface area (Å²) in [5.41, 5.74) is 4.31. The Morgan fingerprint density at radius 3 is 2.44 bits per heavy atom. The zero-order valence-electron chi connectivity index (χ0n) is 14.8. The van der Waals surface area contributed by atoms with Gasteiger partial charge in [-0.15, -0.1) is 22.7 Å². The van der Waals surface area contributed by atoms with Gasteiger partial charge in [-0.2, -0.15) is 0 Å². The van der Waals surface area contributed by atoms with Gasteiger partial charge in [0, 0.05) is 10.6 Å². The normalized spacial score (nSPS) is 10.8. The number of hydrogen-bond acceptors (Lipinski definition) is 4. The molecule has 3 nitrogen and oxygen atoms in total. The number of amides is 1. The van der Waals surface area contributed by atoms with Crippen molar-refractivity contribution in [2.24, 2.45) is 0 Å². The summed E-state index contributed by atoms with van der Waals surface area (Å²) < 4.78 is 0. The van der Waals surface area contributed by atoms with Crippen molar-refractivity contribution in [2.75, 3.05) is 5.32 Å². The van der Waals surface area contributed by atoms with Crippen molar-refractivity contribution in [3.63, 3.8) is 0 Å². The lowest BCUT2D eigenvalue weighted by Gasteiger charge is -2.14. The maximum Gasteiger partial charge on any atom is 0.229 e. The first-order valence-corrected chi connectivity index (χ1v) is 10.2. The number of aromatic nitrogens is 1. The van der Waals surface area contributed by atoms with Gasteiger partial charge in [-0.25, -0.2) is 4.98 Å². The molecule has 0 bridgehead atoms. The molecule has 0 aliphatic rings. The molecule has 0 radical (unpaired) electrons. The van der Waals surface area contributed by atoms with Gasteiger partial charge in [-0.3, -0.25) is 4.79 Å². The first-order valence-electron chi connectivity index (χ1n) is 8.53. The van der Waals surface area contributed by atoms with Crippen molar-refractivity contribution in [3.8, 4) is 10.6 Å². The number of nitrogens with zero attached hydrogens (tertiary/aromatic N) is 1. The van der Waals surface area contributed by atoms with Crippen LogP contribution < -0.4 is 5.32 Å². The van der Waals surface area contributed by atoms with E-state index in [0.717, 1.165) is 39.0 Å². The van der Waals surface area contributed by atoms with E-state index in [9.17, 15) is 4.79 Å². The Hall–Kier alpha value is -1.98. The van der Waals surface area contributed by atoms with Gasteiger partial charge in [0.1, 0.15) is 0 Å². The minimum atomic E-state index is 0.0251. The average Bonchev–Trinajstić information content (AvgIpc) is 3.24. The van der Waals surface area contributed by atoms with E-state index in [1.807, 2.05) is 18.4 Å². The third-order valence-corrected chi connectivity index (χ3v) is 5.99. The molecule has 2 aromatic heterocycles. The summed E-state index contributed by atoms with van der Waals surface area (Å²) in [5.74, 6) is 0.0251. The topological polar surface area (TPSA) is 42.0 Å². The predicted octanol–water partition coefficient (Wildman–Crippen LogP) is 5.49. The molecule has 2 heterocycles. The summed E-state index contributed by atoms with van der Waals surface area (Å²) in [6.07, 6.45) is 2.17. The fourth-order valence-electron chi connectivity index (χ4n) is 2.93. The van der Waals surface area contributed by atoms with Crippen molar-refractivity contribution in [2.45, 2.75) is 40.0 Å². The summed E-state index contributed by atoms with van der Waals surface area (Å²) in [6.45, 7) is 6.22. The molecule has 3 aromatic rings. The zero-order chi connectivity index (χ0) is 17.8. The largest absolute Gasteiger partial charge is 0.325 e. The molecule has 0 unspecified atom stereocenters. The number of aryl methyl sites for hydroxylation is 3. The fourth-order valence-corrected chi connectivity index (χ4v) is 4.68. The van der Waals surface area contributed by atoms with E-state index in [2.05, 4.69) is 48.4 Å². The summed E-state index contributed by atoms with van der Waals surface area (Å²) in [4.78, 5) is 19.5. The number of rotatable bonds is 6. The highest BCUT2D eigenvalue weighted by atomic mass is 32.1. The lowest BCUT2D eigenvalue weighted by molar-refractivity contribution is -0.115. The second-order valence-corrected chi connectivity index (χ2v) is 8.10. The maximum atomic E-state index is 12.7.